The Balaban J connectivity index is 2.47. The lowest BCUT2D eigenvalue weighted by atomic mass is 10.1. The van der Waals surface area contributed by atoms with Gasteiger partial charge < -0.3 is 15.0 Å². The zero-order chi connectivity index (χ0) is 13.4. The number of para-hydroxylation sites is 1. The molecule has 18 heavy (non-hydrogen) atoms. The van der Waals surface area contributed by atoms with Crippen LogP contribution in [0.1, 0.15) is 31.9 Å². The van der Waals surface area contributed by atoms with Crippen molar-refractivity contribution >= 4 is 0 Å². The van der Waals surface area contributed by atoms with Crippen molar-refractivity contribution in [1.82, 2.24) is 10.2 Å². The van der Waals surface area contributed by atoms with Crippen molar-refractivity contribution < 1.29 is 4.74 Å². The number of rotatable bonds is 8. The molecular weight excluding hydrogens is 224 g/mol. The van der Waals surface area contributed by atoms with E-state index in [2.05, 4.69) is 43.4 Å². The van der Waals surface area contributed by atoms with Gasteiger partial charge in [0, 0.05) is 11.6 Å². The van der Waals surface area contributed by atoms with Gasteiger partial charge in [0.25, 0.3) is 0 Å². The largest absolute Gasteiger partial charge is 0.494 e. The fourth-order valence-electron chi connectivity index (χ4n) is 1.95. The Morgan fingerprint density at radius 1 is 1.28 bits per heavy atom. The van der Waals surface area contributed by atoms with Crippen LogP contribution in [0.15, 0.2) is 24.3 Å². The molecule has 1 rings (SSSR count). The van der Waals surface area contributed by atoms with Crippen LogP contribution in [0.4, 0.5) is 0 Å². The summed E-state index contributed by atoms with van der Waals surface area (Å²) in [5.41, 5.74) is 1.24. The van der Waals surface area contributed by atoms with E-state index in [0.717, 1.165) is 25.3 Å². The van der Waals surface area contributed by atoms with Gasteiger partial charge in [0.15, 0.2) is 0 Å². The lowest BCUT2D eigenvalue weighted by Crippen LogP contribution is -2.24. The number of hydrogen-bond donors (Lipinski definition) is 1. The molecule has 0 fully saturated rings. The molecule has 3 nitrogen and oxygen atoms in total. The van der Waals surface area contributed by atoms with Gasteiger partial charge in [-0.1, -0.05) is 18.2 Å². The van der Waals surface area contributed by atoms with Gasteiger partial charge in [-0.25, -0.2) is 0 Å². The van der Waals surface area contributed by atoms with E-state index in [1.54, 1.807) is 0 Å². The second kappa shape index (κ2) is 8.11. The number of benzene rings is 1. The average molecular weight is 250 g/mol. The number of hydrogen-bond acceptors (Lipinski definition) is 3. The summed E-state index contributed by atoms with van der Waals surface area (Å²) in [5, 5.41) is 3.55. The van der Waals surface area contributed by atoms with Gasteiger partial charge in [-0.3, -0.25) is 0 Å². The minimum atomic E-state index is 0.329. The van der Waals surface area contributed by atoms with Gasteiger partial charge in [-0.15, -0.1) is 0 Å². The zero-order valence-corrected chi connectivity index (χ0v) is 12.1. The molecule has 0 spiro atoms. The molecular formula is C15H26N2O. The molecule has 1 atom stereocenters. The van der Waals surface area contributed by atoms with Gasteiger partial charge in [0.05, 0.1) is 6.61 Å². The summed E-state index contributed by atoms with van der Waals surface area (Å²) in [7, 11) is 4.21. The SMILES string of the molecule is CCOc1ccccc1C(C)NCCCN(C)C. The minimum absolute atomic E-state index is 0.329. The maximum absolute atomic E-state index is 5.65. The van der Waals surface area contributed by atoms with E-state index in [-0.39, 0.29) is 0 Å². The Morgan fingerprint density at radius 3 is 2.67 bits per heavy atom. The van der Waals surface area contributed by atoms with E-state index in [4.69, 9.17) is 4.74 Å². The molecule has 3 heteroatoms. The Bertz CT molecular complexity index is 339. The average Bonchev–Trinajstić information content (AvgIpc) is 2.35. The lowest BCUT2D eigenvalue weighted by Gasteiger charge is -2.18. The van der Waals surface area contributed by atoms with Crippen LogP contribution >= 0.6 is 0 Å². The van der Waals surface area contributed by atoms with Crippen molar-refractivity contribution in [1.29, 1.82) is 0 Å². The molecule has 0 aliphatic carbocycles. The molecule has 0 saturated heterocycles. The van der Waals surface area contributed by atoms with E-state index < -0.39 is 0 Å². The van der Waals surface area contributed by atoms with Crippen LogP contribution < -0.4 is 10.1 Å². The Morgan fingerprint density at radius 2 is 2.00 bits per heavy atom. The van der Waals surface area contributed by atoms with Gasteiger partial charge >= 0.3 is 0 Å². The monoisotopic (exact) mass is 250 g/mol. The molecule has 1 aromatic carbocycles. The van der Waals surface area contributed by atoms with Crippen LogP contribution in [0.5, 0.6) is 5.75 Å². The van der Waals surface area contributed by atoms with Crippen LogP contribution in [-0.2, 0) is 0 Å². The number of ether oxygens (including phenoxy) is 1. The molecule has 0 radical (unpaired) electrons. The molecule has 102 valence electrons. The topological polar surface area (TPSA) is 24.5 Å². The first-order valence-electron chi connectivity index (χ1n) is 6.75. The third-order valence-electron chi connectivity index (χ3n) is 2.92. The Labute approximate surface area is 111 Å². The van der Waals surface area contributed by atoms with Crippen LogP contribution in [0, 0.1) is 0 Å². The van der Waals surface area contributed by atoms with Crippen molar-refractivity contribution in [3.05, 3.63) is 29.8 Å². The third kappa shape index (κ3) is 5.07. The highest BCUT2D eigenvalue weighted by Crippen LogP contribution is 2.24. The summed E-state index contributed by atoms with van der Waals surface area (Å²) in [6.07, 6.45) is 1.16. The second-order valence-electron chi connectivity index (χ2n) is 4.80. The van der Waals surface area contributed by atoms with Crippen molar-refractivity contribution in [3.63, 3.8) is 0 Å². The summed E-state index contributed by atoms with van der Waals surface area (Å²) in [6, 6.07) is 8.59. The highest BCUT2D eigenvalue weighted by molar-refractivity contribution is 5.35. The summed E-state index contributed by atoms with van der Waals surface area (Å²) in [4.78, 5) is 2.21. The molecule has 0 heterocycles. The predicted molar refractivity (Wildman–Crippen MR) is 77.2 cm³/mol. The van der Waals surface area contributed by atoms with E-state index in [9.17, 15) is 0 Å². The number of nitrogens with one attached hydrogen (secondary N) is 1. The maximum Gasteiger partial charge on any atom is 0.124 e. The normalized spacial score (nSPS) is 12.7. The quantitative estimate of drug-likeness (QED) is 0.718. The summed E-state index contributed by atoms with van der Waals surface area (Å²) >= 11 is 0. The first-order chi connectivity index (χ1) is 8.65. The van der Waals surface area contributed by atoms with Gasteiger partial charge in [0.1, 0.15) is 5.75 Å². The second-order valence-corrected chi connectivity index (χ2v) is 4.80. The molecule has 0 amide bonds. The highest BCUT2D eigenvalue weighted by Gasteiger charge is 2.09. The van der Waals surface area contributed by atoms with Crippen molar-refractivity contribution in [2.24, 2.45) is 0 Å². The van der Waals surface area contributed by atoms with Gasteiger partial charge in [-0.2, -0.15) is 0 Å². The summed E-state index contributed by atoms with van der Waals surface area (Å²) in [5.74, 6) is 0.993. The molecule has 0 bridgehead atoms. The fraction of sp³-hybridized carbons (Fsp3) is 0.600. The molecule has 0 saturated carbocycles. The number of nitrogens with zero attached hydrogens (tertiary/aromatic N) is 1. The van der Waals surface area contributed by atoms with Crippen LogP contribution in [0.3, 0.4) is 0 Å². The van der Waals surface area contributed by atoms with Crippen molar-refractivity contribution in [2.75, 3.05) is 33.8 Å². The lowest BCUT2D eigenvalue weighted by molar-refractivity contribution is 0.331. The third-order valence-corrected chi connectivity index (χ3v) is 2.92. The summed E-state index contributed by atoms with van der Waals surface area (Å²) in [6.45, 7) is 7.07. The van der Waals surface area contributed by atoms with Gasteiger partial charge in [0.2, 0.25) is 0 Å². The van der Waals surface area contributed by atoms with E-state index in [1.807, 2.05) is 19.1 Å². The molecule has 0 aliphatic heterocycles. The van der Waals surface area contributed by atoms with Gasteiger partial charge in [-0.05, 0) is 53.5 Å². The van der Waals surface area contributed by atoms with Crippen LogP contribution in [0.2, 0.25) is 0 Å². The highest BCUT2D eigenvalue weighted by atomic mass is 16.5. The standard InChI is InChI=1S/C15H26N2O/c1-5-18-15-10-7-6-9-14(15)13(2)16-11-8-12-17(3)4/h6-7,9-10,13,16H,5,8,11-12H2,1-4H3. The predicted octanol–water partition coefficient (Wildman–Crippen LogP) is 2.69. The molecule has 1 aromatic rings. The summed E-state index contributed by atoms with van der Waals surface area (Å²) < 4.78 is 5.65. The molecule has 0 aliphatic rings. The first kappa shape index (κ1) is 15.0. The van der Waals surface area contributed by atoms with E-state index in [0.29, 0.717) is 12.6 Å². The van der Waals surface area contributed by atoms with Crippen molar-refractivity contribution in [2.45, 2.75) is 26.3 Å². The van der Waals surface area contributed by atoms with E-state index in [1.165, 1.54) is 5.56 Å². The molecule has 0 aromatic heterocycles. The molecule has 1 N–H and O–H groups in total. The molecule has 1 unspecified atom stereocenters. The zero-order valence-electron chi connectivity index (χ0n) is 12.1. The van der Waals surface area contributed by atoms with Crippen molar-refractivity contribution in [3.8, 4) is 5.75 Å². The van der Waals surface area contributed by atoms with Crippen LogP contribution in [-0.4, -0.2) is 38.7 Å². The van der Waals surface area contributed by atoms with E-state index >= 15 is 0 Å². The fourth-order valence-corrected chi connectivity index (χ4v) is 1.95. The maximum atomic E-state index is 5.65. The minimum Gasteiger partial charge on any atom is -0.494 e. The first-order valence-corrected chi connectivity index (χ1v) is 6.75. The Hall–Kier alpha value is -1.06. The van der Waals surface area contributed by atoms with Crippen LogP contribution in [0.25, 0.3) is 0 Å². The smallest absolute Gasteiger partial charge is 0.124 e. The Kier molecular flexibility index (Phi) is 6.76.